The van der Waals surface area contributed by atoms with Crippen LogP contribution in [0.1, 0.15) is 6.92 Å². The molecule has 0 heterocycles. The number of sulfone groups is 1. The summed E-state index contributed by atoms with van der Waals surface area (Å²) in [5.41, 5.74) is -0.410. The van der Waals surface area contributed by atoms with E-state index in [1.807, 2.05) is 0 Å². The summed E-state index contributed by atoms with van der Waals surface area (Å²) < 4.78 is 23.1. The molecule has 0 radical (unpaired) electrons. The van der Waals surface area contributed by atoms with Crippen LogP contribution in [0.3, 0.4) is 0 Å². The van der Waals surface area contributed by atoms with Crippen molar-refractivity contribution in [3.8, 4) is 6.07 Å². The molecule has 0 bridgehead atoms. The van der Waals surface area contributed by atoms with Crippen molar-refractivity contribution in [2.24, 2.45) is 0 Å². The molecule has 0 aliphatic carbocycles. The maximum Gasteiger partial charge on any atom is 0.269 e. The number of anilines is 1. The third-order valence-corrected chi connectivity index (χ3v) is 3.39. The molecule has 0 spiro atoms. The maximum atomic E-state index is 11.7. The van der Waals surface area contributed by atoms with Gasteiger partial charge in [0.1, 0.15) is 11.8 Å². The number of aliphatic hydroxyl groups excluding tert-OH is 1. The molecule has 0 aliphatic rings. The van der Waals surface area contributed by atoms with Gasteiger partial charge in [-0.2, -0.15) is 5.26 Å². The van der Waals surface area contributed by atoms with Crippen LogP contribution in [0, 0.1) is 11.3 Å². The fourth-order valence-corrected chi connectivity index (χ4v) is 2.22. The van der Waals surface area contributed by atoms with Crippen LogP contribution >= 0.6 is 0 Å². The lowest BCUT2D eigenvalue weighted by Crippen LogP contribution is -2.17. The van der Waals surface area contributed by atoms with Crippen LogP contribution in [0.15, 0.2) is 40.5 Å². The topological polar surface area (TPSA) is 107 Å². The maximum absolute atomic E-state index is 11.7. The van der Waals surface area contributed by atoms with E-state index in [1.54, 1.807) is 12.1 Å². The monoisotopic (exact) mass is 280 g/mol. The first kappa shape index (κ1) is 14.7. The van der Waals surface area contributed by atoms with E-state index in [0.717, 1.165) is 6.26 Å². The van der Waals surface area contributed by atoms with Crippen LogP contribution in [0.25, 0.3) is 0 Å². The molecule has 19 heavy (non-hydrogen) atoms. The van der Waals surface area contributed by atoms with Gasteiger partial charge in [0.25, 0.3) is 5.91 Å². The molecule has 0 fully saturated rings. The van der Waals surface area contributed by atoms with E-state index in [2.05, 4.69) is 5.32 Å². The highest BCUT2D eigenvalue weighted by atomic mass is 32.2. The lowest BCUT2D eigenvalue weighted by molar-refractivity contribution is -0.112. The van der Waals surface area contributed by atoms with E-state index in [-0.39, 0.29) is 10.6 Å². The summed E-state index contributed by atoms with van der Waals surface area (Å²) in [6, 6.07) is 7.35. The molecular formula is C12H12N2O4S. The molecule has 2 N–H and O–H groups in total. The van der Waals surface area contributed by atoms with Crippen molar-refractivity contribution in [3.05, 3.63) is 35.6 Å². The van der Waals surface area contributed by atoms with Crippen LogP contribution in [0.4, 0.5) is 5.69 Å². The summed E-state index contributed by atoms with van der Waals surface area (Å²) in [4.78, 5) is 11.7. The number of amides is 1. The Bertz CT molecular complexity index is 680. The number of para-hydroxylation sites is 1. The first-order chi connectivity index (χ1) is 8.77. The van der Waals surface area contributed by atoms with E-state index < -0.39 is 27.1 Å². The minimum atomic E-state index is -3.51. The highest BCUT2D eigenvalue weighted by molar-refractivity contribution is 7.90. The first-order valence-corrected chi connectivity index (χ1v) is 7.07. The van der Waals surface area contributed by atoms with Crippen LogP contribution in [-0.2, 0) is 14.6 Å². The third-order valence-electron chi connectivity index (χ3n) is 2.24. The highest BCUT2D eigenvalue weighted by Gasteiger charge is 2.17. The van der Waals surface area contributed by atoms with Crippen LogP contribution < -0.4 is 5.32 Å². The van der Waals surface area contributed by atoms with Crippen LogP contribution in [-0.4, -0.2) is 25.7 Å². The van der Waals surface area contributed by atoms with Gasteiger partial charge in [-0.3, -0.25) is 4.79 Å². The quantitative estimate of drug-likeness (QED) is 0.494. The zero-order chi connectivity index (χ0) is 14.6. The average molecular weight is 280 g/mol. The number of benzene rings is 1. The fraction of sp³-hybridized carbons (Fsp3) is 0.167. The predicted octanol–water partition coefficient (Wildman–Crippen LogP) is 1.38. The van der Waals surface area contributed by atoms with E-state index >= 15 is 0 Å². The summed E-state index contributed by atoms with van der Waals surface area (Å²) in [6.07, 6.45) is 1.01. The van der Waals surface area contributed by atoms with E-state index in [0.29, 0.717) is 0 Å². The van der Waals surface area contributed by atoms with Crippen molar-refractivity contribution in [1.29, 1.82) is 5.26 Å². The van der Waals surface area contributed by atoms with E-state index in [1.165, 1.54) is 25.1 Å². The van der Waals surface area contributed by atoms with Gasteiger partial charge in [0.15, 0.2) is 15.4 Å². The van der Waals surface area contributed by atoms with E-state index in [9.17, 15) is 13.2 Å². The fourth-order valence-electron chi connectivity index (χ4n) is 1.37. The molecule has 0 saturated heterocycles. The Hall–Kier alpha value is -2.33. The molecule has 0 saturated carbocycles. The van der Waals surface area contributed by atoms with Gasteiger partial charge < -0.3 is 10.4 Å². The molecule has 6 nitrogen and oxygen atoms in total. The number of hydrogen-bond donors (Lipinski definition) is 2. The Labute approximate surface area is 110 Å². The number of carbonyl (C=O) groups is 1. The summed E-state index contributed by atoms with van der Waals surface area (Å²) >= 11 is 0. The zero-order valence-electron chi connectivity index (χ0n) is 10.3. The lowest BCUT2D eigenvalue weighted by atomic mass is 10.2. The molecule has 1 rings (SSSR count). The number of nitrogens with zero attached hydrogens (tertiary/aromatic N) is 1. The summed E-state index contributed by atoms with van der Waals surface area (Å²) in [5.74, 6) is -1.30. The van der Waals surface area contributed by atoms with Gasteiger partial charge in [0, 0.05) is 6.26 Å². The largest absolute Gasteiger partial charge is 0.511 e. The minimum Gasteiger partial charge on any atom is -0.511 e. The number of nitriles is 1. The van der Waals surface area contributed by atoms with Crippen molar-refractivity contribution < 1.29 is 18.3 Å². The van der Waals surface area contributed by atoms with E-state index in [4.69, 9.17) is 10.4 Å². The van der Waals surface area contributed by atoms with Crippen molar-refractivity contribution in [3.63, 3.8) is 0 Å². The zero-order valence-corrected chi connectivity index (χ0v) is 11.2. The highest BCUT2D eigenvalue weighted by Crippen LogP contribution is 2.21. The molecule has 1 aromatic carbocycles. The SMILES string of the molecule is C/C(O)=C(/C#N)C(=O)Nc1ccccc1S(C)(=O)=O. The van der Waals surface area contributed by atoms with Gasteiger partial charge in [-0.1, -0.05) is 12.1 Å². The average Bonchev–Trinajstić information content (AvgIpc) is 2.28. The van der Waals surface area contributed by atoms with Gasteiger partial charge in [0.2, 0.25) is 0 Å². The van der Waals surface area contributed by atoms with Gasteiger partial charge in [-0.25, -0.2) is 8.42 Å². The molecule has 0 aromatic heterocycles. The van der Waals surface area contributed by atoms with Gasteiger partial charge in [-0.05, 0) is 19.1 Å². The minimum absolute atomic E-state index is 0.0590. The molecule has 0 unspecified atom stereocenters. The van der Waals surface area contributed by atoms with Gasteiger partial charge in [-0.15, -0.1) is 0 Å². The first-order valence-electron chi connectivity index (χ1n) is 5.17. The Kier molecular flexibility index (Phi) is 4.30. The Balaban J connectivity index is 3.20. The van der Waals surface area contributed by atoms with Crippen molar-refractivity contribution in [2.45, 2.75) is 11.8 Å². The number of carbonyl (C=O) groups excluding carboxylic acids is 1. The van der Waals surface area contributed by atoms with Crippen LogP contribution in [0.2, 0.25) is 0 Å². The molecule has 0 atom stereocenters. The number of allylic oxidation sites excluding steroid dienone is 1. The number of hydrogen-bond acceptors (Lipinski definition) is 5. The summed E-state index contributed by atoms with van der Waals surface area (Å²) in [5, 5.41) is 20.2. The smallest absolute Gasteiger partial charge is 0.269 e. The predicted molar refractivity (Wildman–Crippen MR) is 69.1 cm³/mol. The van der Waals surface area contributed by atoms with Crippen molar-refractivity contribution in [2.75, 3.05) is 11.6 Å². The summed E-state index contributed by atoms with van der Waals surface area (Å²) in [7, 11) is -3.51. The second kappa shape index (κ2) is 5.54. The number of rotatable bonds is 3. The molecule has 0 aliphatic heterocycles. The molecular weight excluding hydrogens is 268 g/mol. The number of nitrogens with one attached hydrogen (secondary N) is 1. The Morgan fingerprint density at radius 3 is 2.42 bits per heavy atom. The number of aliphatic hydroxyl groups is 1. The lowest BCUT2D eigenvalue weighted by Gasteiger charge is -2.09. The second-order valence-electron chi connectivity index (χ2n) is 3.79. The summed E-state index contributed by atoms with van der Waals surface area (Å²) in [6.45, 7) is 1.20. The Morgan fingerprint density at radius 1 is 1.37 bits per heavy atom. The van der Waals surface area contributed by atoms with Crippen molar-refractivity contribution in [1.82, 2.24) is 0 Å². The standard InChI is InChI=1S/C12H12N2O4S/c1-8(15)9(7-13)12(16)14-10-5-3-4-6-11(10)19(2,17)18/h3-6,15H,1-2H3,(H,14,16)/b9-8+. The Morgan fingerprint density at radius 2 is 1.95 bits per heavy atom. The van der Waals surface area contributed by atoms with Crippen LogP contribution in [0.5, 0.6) is 0 Å². The molecule has 100 valence electrons. The second-order valence-corrected chi connectivity index (χ2v) is 5.78. The molecule has 1 aromatic rings. The normalized spacial score (nSPS) is 12.3. The van der Waals surface area contributed by atoms with Gasteiger partial charge in [0.05, 0.1) is 10.6 Å². The molecule has 1 amide bonds. The third kappa shape index (κ3) is 3.56. The van der Waals surface area contributed by atoms with Crippen molar-refractivity contribution >= 4 is 21.4 Å². The van der Waals surface area contributed by atoms with Gasteiger partial charge >= 0.3 is 0 Å². The molecule has 7 heteroatoms.